The summed E-state index contributed by atoms with van der Waals surface area (Å²) in [4.78, 5) is 10.5. The molecule has 0 amide bonds. The first-order valence-electron chi connectivity index (χ1n) is 6.14. The van der Waals surface area contributed by atoms with Gasteiger partial charge in [0.05, 0.1) is 12.8 Å². The zero-order valence-electron chi connectivity index (χ0n) is 11.6. The van der Waals surface area contributed by atoms with Gasteiger partial charge in [-0.15, -0.1) is 0 Å². The number of rotatable bonds is 5. The molecule has 2 aromatic rings. The number of aromatic amines is 1. The number of H-pyrrole nitrogens is 1. The summed E-state index contributed by atoms with van der Waals surface area (Å²) in [6.07, 6.45) is 0.997. The van der Waals surface area contributed by atoms with Crippen LogP contribution in [0.1, 0.15) is 17.3 Å². The Kier molecular flexibility index (Phi) is 4.59. The van der Waals surface area contributed by atoms with E-state index in [0.29, 0.717) is 12.1 Å². The molecule has 0 aliphatic rings. The van der Waals surface area contributed by atoms with Crippen molar-refractivity contribution in [1.82, 2.24) is 10.2 Å². The molecule has 0 atom stereocenters. The Morgan fingerprint density at radius 3 is 2.65 bits per heavy atom. The first-order chi connectivity index (χ1) is 10.8. The smallest absolute Gasteiger partial charge is 0.343 e. The molecular weight excluding hydrogens is 339 g/mol. The normalized spacial score (nSPS) is 11.3. The van der Waals surface area contributed by atoms with Gasteiger partial charge in [-0.1, -0.05) is 0 Å². The Bertz CT molecular complexity index is 851. The minimum Gasteiger partial charge on any atom is -0.462 e. The monoisotopic (exact) mass is 349 g/mol. The third kappa shape index (κ3) is 3.28. The quantitative estimate of drug-likeness (QED) is 0.633. The van der Waals surface area contributed by atoms with Crippen LogP contribution in [0.15, 0.2) is 23.2 Å². The summed E-state index contributed by atoms with van der Waals surface area (Å²) in [5.41, 5.74) is -0.251. The average Bonchev–Trinajstić information content (AvgIpc) is 2.92. The van der Waals surface area contributed by atoms with Crippen LogP contribution in [0.3, 0.4) is 0 Å². The van der Waals surface area contributed by atoms with Crippen LogP contribution in [0.2, 0.25) is 0 Å². The highest BCUT2D eigenvalue weighted by Gasteiger charge is 2.26. The van der Waals surface area contributed by atoms with Crippen molar-refractivity contribution in [3.8, 4) is 0 Å². The third-order valence-corrected chi connectivity index (χ3v) is 4.03. The lowest BCUT2D eigenvalue weighted by atomic mass is 10.3. The fraction of sp³-hybridized carbons (Fsp3) is 0.167. The third-order valence-electron chi connectivity index (χ3n) is 2.66. The first kappa shape index (κ1) is 16.8. The molecule has 124 valence electrons. The van der Waals surface area contributed by atoms with Gasteiger partial charge in [0.25, 0.3) is 10.0 Å². The molecule has 0 radical (unpaired) electrons. The maximum absolute atomic E-state index is 13.6. The lowest BCUT2D eigenvalue weighted by molar-refractivity contribution is 0.0527. The minimum absolute atomic E-state index is 0.0357. The predicted octanol–water partition coefficient (Wildman–Crippen LogP) is 1.80. The highest BCUT2D eigenvalue weighted by atomic mass is 32.2. The number of sulfonamides is 1. The van der Waals surface area contributed by atoms with Crippen LogP contribution in [0.5, 0.6) is 0 Å². The zero-order chi connectivity index (χ0) is 17.2. The van der Waals surface area contributed by atoms with Crippen molar-refractivity contribution in [2.75, 3.05) is 11.3 Å². The molecule has 1 aromatic carbocycles. The van der Waals surface area contributed by atoms with Gasteiger partial charge in [-0.3, -0.25) is 9.82 Å². The second kappa shape index (κ2) is 6.28. The van der Waals surface area contributed by atoms with E-state index in [9.17, 15) is 26.4 Å². The molecule has 0 aliphatic carbocycles. The Hall–Kier alpha value is -2.56. The van der Waals surface area contributed by atoms with E-state index >= 15 is 0 Å². The molecule has 1 aromatic heterocycles. The number of hydrogen-bond acceptors (Lipinski definition) is 5. The lowest BCUT2D eigenvalue weighted by Gasteiger charge is -2.09. The Morgan fingerprint density at radius 2 is 2.00 bits per heavy atom. The van der Waals surface area contributed by atoms with Crippen molar-refractivity contribution < 1.29 is 31.1 Å². The van der Waals surface area contributed by atoms with Crippen molar-refractivity contribution in [1.29, 1.82) is 0 Å². The minimum atomic E-state index is -4.63. The topological polar surface area (TPSA) is 101 Å². The summed E-state index contributed by atoms with van der Waals surface area (Å²) < 4.78 is 70.3. The number of halogens is 3. The van der Waals surface area contributed by atoms with Crippen molar-refractivity contribution in [2.45, 2.75) is 11.8 Å². The number of anilines is 1. The number of benzene rings is 1. The summed E-state index contributed by atoms with van der Waals surface area (Å²) in [5.74, 6) is -6.61. The van der Waals surface area contributed by atoms with Crippen molar-refractivity contribution >= 4 is 21.8 Å². The Balaban J connectivity index is 2.39. The molecule has 0 aliphatic heterocycles. The van der Waals surface area contributed by atoms with Gasteiger partial charge in [0.1, 0.15) is 16.3 Å². The summed E-state index contributed by atoms with van der Waals surface area (Å²) in [6, 6.07) is 1.02. The molecule has 7 nitrogen and oxygen atoms in total. The summed E-state index contributed by atoms with van der Waals surface area (Å²) >= 11 is 0. The van der Waals surface area contributed by atoms with Crippen molar-refractivity contribution in [3.63, 3.8) is 0 Å². The number of esters is 1. The fourth-order valence-corrected chi connectivity index (χ4v) is 2.74. The summed E-state index contributed by atoms with van der Waals surface area (Å²) in [7, 11) is -4.63. The van der Waals surface area contributed by atoms with E-state index in [2.05, 4.69) is 14.9 Å². The molecule has 0 bridgehead atoms. The maximum atomic E-state index is 13.6. The standard InChI is InChI=1S/C12H10F3N3O4S/c1-2-22-12(19)6-5-16-17-11(6)18-23(20,21)8-4-3-7(13)9(14)10(8)15/h3-5H,2H2,1H3,(H2,16,17,18). The summed E-state index contributed by atoms with van der Waals surface area (Å²) in [5, 5.41) is 5.66. The number of carbonyl (C=O) groups is 1. The number of carbonyl (C=O) groups excluding carboxylic acids is 1. The van der Waals surface area contributed by atoms with E-state index in [4.69, 9.17) is 0 Å². The molecule has 2 rings (SSSR count). The maximum Gasteiger partial charge on any atom is 0.343 e. The number of nitrogens with zero attached hydrogens (tertiary/aromatic N) is 1. The first-order valence-corrected chi connectivity index (χ1v) is 7.63. The molecule has 2 N–H and O–H groups in total. The van der Waals surface area contributed by atoms with Gasteiger partial charge in [-0.25, -0.2) is 26.4 Å². The molecule has 0 saturated carbocycles. The van der Waals surface area contributed by atoms with Crippen LogP contribution in [0.25, 0.3) is 0 Å². The van der Waals surface area contributed by atoms with E-state index in [0.717, 1.165) is 6.20 Å². The van der Waals surface area contributed by atoms with Gasteiger partial charge in [-0.05, 0) is 19.1 Å². The van der Waals surface area contributed by atoms with Crippen molar-refractivity contribution in [2.24, 2.45) is 0 Å². The van der Waals surface area contributed by atoms with E-state index in [1.807, 2.05) is 4.72 Å². The molecular formula is C12H10F3N3O4S. The second-order valence-electron chi connectivity index (χ2n) is 4.16. The Morgan fingerprint density at radius 1 is 1.30 bits per heavy atom. The molecule has 23 heavy (non-hydrogen) atoms. The van der Waals surface area contributed by atoms with Gasteiger partial charge in [0.2, 0.25) is 0 Å². The van der Waals surface area contributed by atoms with Gasteiger partial charge in [0.15, 0.2) is 17.5 Å². The fourth-order valence-electron chi connectivity index (χ4n) is 1.63. The molecule has 0 fully saturated rings. The Labute approximate surface area is 128 Å². The molecule has 0 saturated heterocycles. The van der Waals surface area contributed by atoms with E-state index < -0.39 is 44.2 Å². The largest absolute Gasteiger partial charge is 0.462 e. The van der Waals surface area contributed by atoms with Gasteiger partial charge in [0, 0.05) is 0 Å². The van der Waals surface area contributed by atoms with Crippen LogP contribution >= 0.6 is 0 Å². The van der Waals surface area contributed by atoms with Crippen molar-refractivity contribution in [3.05, 3.63) is 41.3 Å². The summed E-state index contributed by atoms with van der Waals surface area (Å²) in [6.45, 7) is 1.58. The number of aromatic nitrogens is 2. The van der Waals surface area contributed by atoms with Gasteiger partial charge in [-0.2, -0.15) is 5.10 Å². The van der Waals surface area contributed by atoms with Crippen LogP contribution in [-0.2, 0) is 14.8 Å². The SMILES string of the molecule is CCOC(=O)c1cn[nH]c1NS(=O)(=O)c1ccc(F)c(F)c1F. The van der Waals surface area contributed by atoms with Gasteiger partial charge >= 0.3 is 5.97 Å². The molecule has 1 heterocycles. The van der Waals surface area contributed by atoms with E-state index in [1.54, 1.807) is 6.92 Å². The number of nitrogens with one attached hydrogen (secondary N) is 2. The van der Waals surface area contributed by atoms with E-state index in [-0.39, 0.29) is 12.2 Å². The highest BCUT2D eigenvalue weighted by molar-refractivity contribution is 7.92. The molecule has 11 heteroatoms. The molecule has 0 spiro atoms. The highest BCUT2D eigenvalue weighted by Crippen LogP contribution is 2.23. The molecule has 0 unspecified atom stereocenters. The van der Waals surface area contributed by atoms with Crippen LogP contribution < -0.4 is 4.72 Å². The van der Waals surface area contributed by atoms with E-state index in [1.165, 1.54) is 0 Å². The lowest BCUT2D eigenvalue weighted by Crippen LogP contribution is -2.18. The van der Waals surface area contributed by atoms with Crippen LogP contribution in [0.4, 0.5) is 19.0 Å². The number of hydrogen-bond donors (Lipinski definition) is 2. The van der Waals surface area contributed by atoms with Crippen LogP contribution in [-0.4, -0.2) is 31.2 Å². The van der Waals surface area contributed by atoms with Gasteiger partial charge < -0.3 is 4.74 Å². The second-order valence-corrected chi connectivity index (χ2v) is 5.81. The zero-order valence-corrected chi connectivity index (χ0v) is 12.4. The average molecular weight is 349 g/mol. The van der Waals surface area contributed by atoms with Crippen LogP contribution in [0, 0.1) is 17.5 Å². The predicted molar refractivity (Wildman–Crippen MR) is 71.7 cm³/mol. The number of ether oxygens (including phenoxy) is 1.